The van der Waals surface area contributed by atoms with Crippen LogP contribution < -0.4 is 4.74 Å². The molecule has 1 radical (unpaired) electrons. The fraction of sp³-hybridized carbons (Fsp3) is 0.200. The van der Waals surface area contributed by atoms with Crippen LogP contribution in [0.3, 0.4) is 0 Å². The summed E-state index contributed by atoms with van der Waals surface area (Å²) in [6.45, 7) is 1.74. The van der Waals surface area contributed by atoms with E-state index in [4.69, 9.17) is 16.3 Å². The zero-order chi connectivity index (χ0) is 14.8. The molecule has 0 N–H and O–H groups in total. The van der Waals surface area contributed by atoms with Crippen molar-refractivity contribution in [2.75, 3.05) is 0 Å². The molecule has 0 saturated carbocycles. The third kappa shape index (κ3) is 3.67. The van der Waals surface area contributed by atoms with Crippen LogP contribution in [0.1, 0.15) is 24.2 Å². The summed E-state index contributed by atoms with van der Waals surface area (Å²) in [7, 11) is 0. The quantitative estimate of drug-likeness (QED) is 0.747. The fourth-order valence-electron chi connectivity index (χ4n) is 1.71. The van der Waals surface area contributed by atoms with Crippen LogP contribution in [-0.4, -0.2) is 0 Å². The molecule has 0 aromatic heterocycles. The van der Waals surface area contributed by atoms with Crippen molar-refractivity contribution < 1.29 is 17.9 Å². The van der Waals surface area contributed by atoms with Gasteiger partial charge < -0.3 is 4.74 Å². The standard InChI is InChI=1S/C15H11ClF3O/c1-10(11-4-2-6-13(16)8-11)20-14-7-3-5-12(9-14)15(17,18)19/h2,4-10H,1H3. The van der Waals surface area contributed by atoms with Crippen LogP contribution >= 0.6 is 11.6 Å². The van der Waals surface area contributed by atoms with E-state index < -0.39 is 17.8 Å². The largest absolute Gasteiger partial charge is 0.486 e. The van der Waals surface area contributed by atoms with Gasteiger partial charge in [0, 0.05) is 5.02 Å². The Bertz CT molecular complexity index is 596. The number of halogens is 4. The summed E-state index contributed by atoms with van der Waals surface area (Å²) >= 11 is 5.87. The Morgan fingerprint density at radius 2 is 1.95 bits per heavy atom. The summed E-state index contributed by atoms with van der Waals surface area (Å²) in [4.78, 5) is 0. The molecule has 2 rings (SSSR count). The topological polar surface area (TPSA) is 9.23 Å². The molecular formula is C15H11ClF3O. The molecule has 5 heteroatoms. The molecule has 0 aliphatic heterocycles. The van der Waals surface area contributed by atoms with Gasteiger partial charge in [0.15, 0.2) is 0 Å². The zero-order valence-corrected chi connectivity index (χ0v) is 11.3. The Balaban J connectivity index is 2.18. The van der Waals surface area contributed by atoms with E-state index in [1.807, 2.05) is 0 Å². The number of benzene rings is 2. The first-order valence-corrected chi connectivity index (χ1v) is 6.24. The molecule has 1 unspecified atom stereocenters. The summed E-state index contributed by atoms with van der Waals surface area (Å²) in [5.41, 5.74) is 0.00297. The minimum atomic E-state index is -4.41. The Morgan fingerprint density at radius 3 is 2.60 bits per heavy atom. The highest BCUT2D eigenvalue weighted by molar-refractivity contribution is 6.30. The molecule has 0 amide bonds. The van der Waals surface area contributed by atoms with Crippen molar-refractivity contribution in [3.8, 4) is 5.75 Å². The number of alkyl halides is 3. The predicted octanol–water partition coefficient (Wildman–Crippen LogP) is 5.30. The van der Waals surface area contributed by atoms with Crippen molar-refractivity contribution in [3.63, 3.8) is 0 Å². The predicted molar refractivity (Wildman–Crippen MR) is 70.8 cm³/mol. The first kappa shape index (κ1) is 14.7. The lowest BCUT2D eigenvalue weighted by Crippen LogP contribution is -2.07. The van der Waals surface area contributed by atoms with E-state index in [-0.39, 0.29) is 5.75 Å². The van der Waals surface area contributed by atoms with Crippen LogP contribution in [-0.2, 0) is 6.18 Å². The SMILES string of the molecule is CC(Oc1c[c]cc(C(F)(F)F)c1)c1cccc(Cl)c1. The second-order valence-electron chi connectivity index (χ2n) is 4.27. The molecule has 105 valence electrons. The highest BCUT2D eigenvalue weighted by Gasteiger charge is 2.30. The average molecular weight is 300 g/mol. The summed E-state index contributed by atoms with van der Waals surface area (Å²) in [6.07, 6.45) is -4.82. The molecule has 0 heterocycles. The fourth-order valence-corrected chi connectivity index (χ4v) is 1.91. The Kier molecular flexibility index (Phi) is 4.23. The molecule has 0 aliphatic rings. The zero-order valence-electron chi connectivity index (χ0n) is 10.5. The second-order valence-corrected chi connectivity index (χ2v) is 4.71. The van der Waals surface area contributed by atoms with E-state index in [0.717, 1.165) is 17.7 Å². The van der Waals surface area contributed by atoms with Gasteiger partial charge in [-0.2, -0.15) is 13.2 Å². The van der Waals surface area contributed by atoms with Crippen molar-refractivity contribution in [2.24, 2.45) is 0 Å². The average Bonchev–Trinajstić information content (AvgIpc) is 2.38. The summed E-state index contributed by atoms with van der Waals surface area (Å²) < 4.78 is 43.3. The van der Waals surface area contributed by atoms with Crippen molar-refractivity contribution in [1.29, 1.82) is 0 Å². The van der Waals surface area contributed by atoms with Crippen molar-refractivity contribution in [2.45, 2.75) is 19.2 Å². The molecule has 2 aromatic carbocycles. The lowest BCUT2D eigenvalue weighted by Gasteiger charge is -2.16. The maximum Gasteiger partial charge on any atom is 0.416 e. The third-order valence-corrected chi connectivity index (χ3v) is 2.96. The molecule has 0 spiro atoms. The monoisotopic (exact) mass is 299 g/mol. The van der Waals surface area contributed by atoms with E-state index >= 15 is 0 Å². The van der Waals surface area contributed by atoms with Crippen LogP contribution in [0.4, 0.5) is 13.2 Å². The molecule has 2 aromatic rings. The summed E-state index contributed by atoms with van der Waals surface area (Å²) in [6, 6.07) is 12.6. The van der Waals surface area contributed by atoms with Crippen LogP contribution in [0.15, 0.2) is 42.5 Å². The van der Waals surface area contributed by atoms with Gasteiger partial charge in [-0.15, -0.1) is 0 Å². The Morgan fingerprint density at radius 1 is 1.20 bits per heavy atom. The van der Waals surface area contributed by atoms with Gasteiger partial charge in [-0.05, 0) is 48.9 Å². The highest BCUT2D eigenvalue weighted by atomic mass is 35.5. The minimum absolute atomic E-state index is 0.118. The van der Waals surface area contributed by atoms with Gasteiger partial charge in [-0.25, -0.2) is 0 Å². The molecule has 0 aliphatic carbocycles. The van der Waals surface area contributed by atoms with E-state index in [2.05, 4.69) is 6.07 Å². The molecule has 0 bridgehead atoms. The summed E-state index contributed by atoms with van der Waals surface area (Å²) in [5.74, 6) is 0.118. The first-order chi connectivity index (χ1) is 9.36. The van der Waals surface area contributed by atoms with Gasteiger partial charge in [0.2, 0.25) is 0 Å². The normalized spacial score (nSPS) is 13.1. The van der Waals surface area contributed by atoms with Gasteiger partial charge in [0.1, 0.15) is 11.9 Å². The number of hydrogen-bond donors (Lipinski definition) is 0. The maximum atomic E-state index is 12.6. The van der Waals surface area contributed by atoms with Gasteiger partial charge in [0.25, 0.3) is 0 Å². The second kappa shape index (κ2) is 5.75. The molecule has 20 heavy (non-hydrogen) atoms. The van der Waals surface area contributed by atoms with Crippen LogP contribution in [0.2, 0.25) is 5.02 Å². The van der Waals surface area contributed by atoms with E-state index in [1.54, 1.807) is 31.2 Å². The van der Waals surface area contributed by atoms with Crippen LogP contribution in [0, 0.1) is 6.07 Å². The van der Waals surface area contributed by atoms with Crippen molar-refractivity contribution in [3.05, 3.63) is 64.7 Å². The van der Waals surface area contributed by atoms with Crippen LogP contribution in [0.25, 0.3) is 0 Å². The van der Waals surface area contributed by atoms with E-state index in [9.17, 15) is 13.2 Å². The highest BCUT2D eigenvalue weighted by Crippen LogP contribution is 2.32. The smallest absolute Gasteiger partial charge is 0.416 e. The Hall–Kier alpha value is -1.68. The first-order valence-electron chi connectivity index (χ1n) is 5.87. The lowest BCUT2D eigenvalue weighted by molar-refractivity contribution is -0.137. The molecule has 0 saturated heterocycles. The minimum Gasteiger partial charge on any atom is -0.486 e. The summed E-state index contributed by atoms with van der Waals surface area (Å²) in [5, 5.41) is 0.550. The van der Waals surface area contributed by atoms with Gasteiger partial charge in [0.05, 0.1) is 5.56 Å². The number of hydrogen-bond acceptors (Lipinski definition) is 1. The number of ether oxygens (including phenoxy) is 1. The Labute approximate surface area is 119 Å². The third-order valence-electron chi connectivity index (χ3n) is 2.72. The molecule has 1 nitrogen and oxygen atoms in total. The van der Waals surface area contributed by atoms with E-state index in [1.165, 1.54) is 6.07 Å². The number of rotatable bonds is 3. The van der Waals surface area contributed by atoms with Gasteiger partial charge in [-0.1, -0.05) is 23.7 Å². The molecular weight excluding hydrogens is 289 g/mol. The molecule has 0 fully saturated rings. The van der Waals surface area contributed by atoms with Crippen molar-refractivity contribution in [1.82, 2.24) is 0 Å². The van der Waals surface area contributed by atoms with Crippen molar-refractivity contribution >= 4 is 11.6 Å². The molecule has 1 atom stereocenters. The van der Waals surface area contributed by atoms with Gasteiger partial charge in [-0.3, -0.25) is 0 Å². The van der Waals surface area contributed by atoms with E-state index in [0.29, 0.717) is 5.02 Å². The lowest BCUT2D eigenvalue weighted by atomic mass is 10.1. The van der Waals surface area contributed by atoms with Crippen LogP contribution in [0.5, 0.6) is 5.75 Å². The maximum absolute atomic E-state index is 12.6. The van der Waals surface area contributed by atoms with Gasteiger partial charge >= 0.3 is 6.18 Å².